The van der Waals surface area contributed by atoms with E-state index >= 15 is 0 Å². The van der Waals surface area contributed by atoms with E-state index in [1.54, 1.807) is 0 Å². The van der Waals surface area contributed by atoms with Crippen molar-refractivity contribution in [2.24, 2.45) is 11.8 Å². The fraction of sp³-hybridized carbons (Fsp3) is 0.667. The molecule has 1 unspecified atom stereocenters. The van der Waals surface area contributed by atoms with Gasteiger partial charge in [0.15, 0.2) is 0 Å². The Morgan fingerprint density at radius 3 is 2.35 bits per heavy atom. The van der Waals surface area contributed by atoms with Crippen molar-refractivity contribution < 1.29 is 0 Å². The maximum atomic E-state index is 6.54. The Bertz CT molecular complexity index is 447. The average Bonchev–Trinajstić information content (AvgIpc) is 2.42. The van der Waals surface area contributed by atoms with E-state index in [0.717, 1.165) is 23.4 Å². The van der Waals surface area contributed by atoms with Gasteiger partial charge in [-0.2, -0.15) is 0 Å². The standard InChI is InChI=1S/C18H28ClN/c1-5-20-18(15-8-6-12(2)7-9-15)16-10-13(3)14(4)11-17(16)19/h10-12,15,18,20H,5-9H2,1-4H3. The molecule has 0 saturated heterocycles. The normalized spacial score (nSPS) is 24.6. The fourth-order valence-electron chi connectivity index (χ4n) is 3.41. The second-order valence-electron chi connectivity index (χ2n) is 6.51. The van der Waals surface area contributed by atoms with Crippen LogP contribution in [0.2, 0.25) is 5.02 Å². The molecule has 1 atom stereocenters. The minimum absolute atomic E-state index is 0.416. The molecule has 1 saturated carbocycles. The summed E-state index contributed by atoms with van der Waals surface area (Å²) in [5, 5.41) is 4.61. The lowest BCUT2D eigenvalue weighted by atomic mass is 9.77. The van der Waals surface area contributed by atoms with E-state index in [0.29, 0.717) is 6.04 Å². The maximum Gasteiger partial charge on any atom is 0.0456 e. The van der Waals surface area contributed by atoms with Gasteiger partial charge in [0.1, 0.15) is 0 Å². The van der Waals surface area contributed by atoms with Crippen LogP contribution in [0.25, 0.3) is 0 Å². The third-order valence-corrected chi connectivity index (χ3v) is 5.23. The van der Waals surface area contributed by atoms with Crippen LogP contribution in [0, 0.1) is 25.7 Å². The predicted octanol–water partition coefficient (Wildman–Crippen LogP) is 5.43. The quantitative estimate of drug-likeness (QED) is 0.780. The molecule has 0 spiro atoms. The van der Waals surface area contributed by atoms with Gasteiger partial charge in [-0.1, -0.05) is 44.4 Å². The molecular weight excluding hydrogens is 266 g/mol. The summed E-state index contributed by atoms with van der Waals surface area (Å²) in [6.07, 6.45) is 5.36. The van der Waals surface area contributed by atoms with Crippen molar-refractivity contribution in [3.63, 3.8) is 0 Å². The second-order valence-corrected chi connectivity index (χ2v) is 6.92. The van der Waals surface area contributed by atoms with E-state index in [4.69, 9.17) is 11.6 Å². The summed E-state index contributed by atoms with van der Waals surface area (Å²) in [6, 6.07) is 4.84. The summed E-state index contributed by atoms with van der Waals surface area (Å²) in [7, 11) is 0. The molecule has 112 valence electrons. The number of benzene rings is 1. The summed E-state index contributed by atoms with van der Waals surface area (Å²) in [5.41, 5.74) is 3.93. The van der Waals surface area contributed by atoms with Crippen molar-refractivity contribution in [3.8, 4) is 0 Å². The molecule has 1 fully saturated rings. The number of halogens is 1. The molecule has 1 aromatic carbocycles. The highest BCUT2D eigenvalue weighted by Crippen LogP contribution is 2.39. The van der Waals surface area contributed by atoms with Gasteiger partial charge < -0.3 is 5.32 Å². The molecule has 0 radical (unpaired) electrons. The zero-order chi connectivity index (χ0) is 14.7. The average molecular weight is 294 g/mol. The lowest BCUT2D eigenvalue weighted by Crippen LogP contribution is -2.31. The van der Waals surface area contributed by atoms with E-state index in [2.05, 4.69) is 45.1 Å². The Hall–Kier alpha value is -0.530. The van der Waals surface area contributed by atoms with Crippen LogP contribution >= 0.6 is 11.6 Å². The molecule has 1 aromatic rings. The fourth-order valence-corrected chi connectivity index (χ4v) is 3.75. The van der Waals surface area contributed by atoms with Crippen LogP contribution in [-0.2, 0) is 0 Å². The molecule has 0 aliphatic heterocycles. The third kappa shape index (κ3) is 3.56. The number of rotatable bonds is 4. The molecule has 0 heterocycles. The molecule has 2 heteroatoms. The summed E-state index contributed by atoms with van der Waals surface area (Å²) >= 11 is 6.54. The van der Waals surface area contributed by atoms with E-state index in [1.807, 2.05) is 0 Å². The highest BCUT2D eigenvalue weighted by Gasteiger charge is 2.28. The van der Waals surface area contributed by atoms with Crippen LogP contribution in [0.4, 0.5) is 0 Å². The van der Waals surface area contributed by atoms with Crippen LogP contribution in [0.1, 0.15) is 62.3 Å². The monoisotopic (exact) mass is 293 g/mol. The van der Waals surface area contributed by atoms with Crippen molar-refractivity contribution in [1.29, 1.82) is 0 Å². The molecule has 2 rings (SSSR count). The van der Waals surface area contributed by atoms with Gasteiger partial charge in [0, 0.05) is 11.1 Å². The Morgan fingerprint density at radius 2 is 1.75 bits per heavy atom. The lowest BCUT2D eigenvalue weighted by Gasteiger charge is -2.34. The topological polar surface area (TPSA) is 12.0 Å². The zero-order valence-electron chi connectivity index (χ0n) is 13.3. The zero-order valence-corrected chi connectivity index (χ0v) is 14.1. The molecular formula is C18H28ClN. The summed E-state index contributed by atoms with van der Waals surface area (Å²) in [4.78, 5) is 0. The van der Waals surface area contributed by atoms with Crippen LogP contribution in [0.5, 0.6) is 0 Å². The SMILES string of the molecule is CCNC(c1cc(C)c(C)cc1Cl)C1CCC(C)CC1. The van der Waals surface area contributed by atoms with Gasteiger partial charge in [-0.25, -0.2) is 0 Å². The first-order valence-electron chi connectivity index (χ1n) is 8.03. The molecule has 0 amide bonds. The van der Waals surface area contributed by atoms with Crippen molar-refractivity contribution in [1.82, 2.24) is 5.32 Å². The van der Waals surface area contributed by atoms with Gasteiger partial charge >= 0.3 is 0 Å². The summed E-state index contributed by atoms with van der Waals surface area (Å²) in [5.74, 6) is 1.62. The van der Waals surface area contributed by atoms with Crippen molar-refractivity contribution in [3.05, 3.63) is 33.8 Å². The van der Waals surface area contributed by atoms with Gasteiger partial charge in [-0.3, -0.25) is 0 Å². The van der Waals surface area contributed by atoms with Gasteiger partial charge in [0.2, 0.25) is 0 Å². The van der Waals surface area contributed by atoms with E-state index < -0.39 is 0 Å². The molecule has 1 aliphatic rings. The second kappa shape index (κ2) is 6.95. The maximum absolute atomic E-state index is 6.54. The molecule has 1 nitrogen and oxygen atoms in total. The lowest BCUT2D eigenvalue weighted by molar-refractivity contribution is 0.233. The van der Waals surface area contributed by atoms with Gasteiger partial charge in [-0.15, -0.1) is 0 Å². The van der Waals surface area contributed by atoms with Crippen molar-refractivity contribution in [2.45, 2.75) is 59.4 Å². The highest BCUT2D eigenvalue weighted by molar-refractivity contribution is 6.31. The van der Waals surface area contributed by atoms with Crippen LogP contribution < -0.4 is 5.32 Å². The molecule has 1 N–H and O–H groups in total. The minimum atomic E-state index is 0.416. The van der Waals surface area contributed by atoms with E-state index in [1.165, 1.54) is 42.4 Å². The van der Waals surface area contributed by atoms with Crippen LogP contribution in [-0.4, -0.2) is 6.54 Å². The number of hydrogen-bond acceptors (Lipinski definition) is 1. The van der Waals surface area contributed by atoms with Crippen LogP contribution in [0.3, 0.4) is 0 Å². The van der Waals surface area contributed by atoms with E-state index in [9.17, 15) is 0 Å². The highest BCUT2D eigenvalue weighted by atomic mass is 35.5. The molecule has 0 bridgehead atoms. The van der Waals surface area contributed by atoms with Crippen molar-refractivity contribution in [2.75, 3.05) is 6.54 Å². The number of aryl methyl sites for hydroxylation is 2. The number of nitrogens with one attached hydrogen (secondary N) is 1. The predicted molar refractivity (Wildman–Crippen MR) is 88.5 cm³/mol. The molecule has 20 heavy (non-hydrogen) atoms. The Kier molecular flexibility index (Phi) is 5.51. The first kappa shape index (κ1) is 15.9. The van der Waals surface area contributed by atoms with Gasteiger partial charge in [0.25, 0.3) is 0 Å². The van der Waals surface area contributed by atoms with Gasteiger partial charge in [0.05, 0.1) is 0 Å². The minimum Gasteiger partial charge on any atom is -0.310 e. The molecule has 1 aliphatic carbocycles. The Labute approximate surface area is 129 Å². The Morgan fingerprint density at radius 1 is 1.15 bits per heavy atom. The first-order valence-corrected chi connectivity index (χ1v) is 8.40. The summed E-state index contributed by atoms with van der Waals surface area (Å²) < 4.78 is 0. The smallest absolute Gasteiger partial charge is 0.0456 e. The van der Waals surface area contributed by atoms with Crippen molar-refractivity contribution >= 4 is 11.6 Å². The van der Waals surface area contributed by atoms with Crippen LogP contribution in [0.15, 0.2) is 12.1 Å². The Balaban J connectivity index is 2.26. The van der Waals surface area contributed by atoms with Gasteiger partial charge in [-0.05, 0) is 67.8 Å². The number of hydrogen-bond donors (Lipinski definition) is 1. The first-order chi connectivity index (χ1) is 9.52. The largest absolute Gasteiger partial charge is 0.310 e. The third-order valence-electron chi connectivity index (χ3n) is 4.90. The molecule has 0 aromatic heterocycles. The summed E-state index contributed by atoms with van der Waals surface area (Å²) in [6.45, 7) is 9.88. The van der Waals surface area contributed by atoms with E-state index in [-0.39, 0.29) is 0 Å².